The third-order valence-corrected chi connectivity index (χ3v) is 5.92. The van der Waals surface area contributed by atoms with Crippen LogP contribution in [0.2, 0.25) is 0 Å². The molecule has 2 aromatic heterocycles. The number of benzene rings is 2. The highest BCUT2D eigenvalue weighted by molar-refractivity contribution is 7.98. The summed E-state index contributed by atoms with van der Waals surface area (Å²) in [5.74, 6) is 1.73. The van der Waals surface area contributed by atoms with Crippen LogP contribution in [-0.2, 0) is 10.5 Å². The van der Waals surface area contributed by atoms with Crippen LogP contribution in [0.5, 0.6) is 0 Å². The molecule has 0 bridgehead atoms. The van der Waals surface area contributed by atoms with Crippen molar-refractivity contribution >= 4 is 17.7 Å². The molecule has 2 heterocycles. The fourth-order valence-corrected chi connectivity index (χ4v) is 4.28. The van der Waals surface area contributed by atoms with Gasteiger partial charge in [-0.15, -0.1) is 10.2 Å². The number of aryl methyl sites for hydroxylation is 1. The second-order valence-electron chi connectivity index (χ2n) is 7.10. The second-order valence-corrected chi connectivity index (χ2v) is 8.04. The van der Waals surface area contributed by atoms with Crippen LogP contribution in [0.15, 0.2) is 76.5 Å². The SMILES string of the molecule is COCCNC(=O)c1ccccc1CSc1nnc(-c2ccco2)n1-c1ccccc1C. The molecule has 0 atom stereocenters. The fraction of sp³-hybridized carbons (Fsp3) is 0.208. The first kappa shape index (κ1) is 21.9. The van der Waals surface area contributed by atoms with Crippen LogP contribution in [0.1, 0.15) is 21.5 Å². The average molecular weight is 449 g/mol. The molecule has 0 unspecified atom stereocenters. The maximum absolute atomic E-state index is 12.6. The topological polar surface area (TPSA) is 82.2 Å². The molecule has 2 aromatic carbocycles. The van der Waals surface area contributed by atoms with E-state index in [0.717, 1.165) is 22.0 Å². The first-order valence-corrected chi connectivity index (χ1v) is 11.2. The molecule has 0 aliphatic heterocycles. The van der Waals surface area contributed by atoms with Crippen LogP contribution >= 0.6 is 11.8 Å². The van der Waals surface area contributed by atoms with E-state index in [-0.39, 0.29) is 5.91 Å². The molecule has 0 radical (unpaired) electrons. The monoisotopic (exact) mass is 448 g/mol. The third kappa shape index (κ3) is 4.76. The summed E-state index contributed by atoms with van der Waals surface area (Å²) in [5, 5.41) is 12.4. The maximum atomic E-state index is 12.6. The minimum atomic E-state index is -0.116. The molecule has 0 saturated carbocycles. The first-order valence-electron chi connectivity index (χ1n) is 10.2. The van der Waals surface area contributed by atoms with E-state index in [2.05, 4.69) is 28.5 Å². The minimum Gasteiger partial charge on any atom is -0.461 e. The van der Waals surface area contributed by atoms with Gasteiger partial charge in [0, 0.05) is 25.0 Å². The number of amides is 1. The van der Waals surface area contributed by atoms with Crippen LogP contribution in [-0.4, -0.2) is 40.9 Å². The van der Waals surface area contributed by atoms with Crippen LogP contribution < -0.4 is 5.32 Å². The van der Waals surface area contributed by atoms with Crippen molar-refractivity contribution in [3.05, 3.63) is 83.6 Å². The zero-order valence-electron chi connectivity index (χ0n) is 17.9. The van der Waals surface area contributed by atoms with E-state index in [0.29, 0.717) is 36.1 Å². The first-order chi connectivity index (χ1) is 15.7. The highest BCUT2D eigenvalue weighted by atomic mass is 32.2. The van der Waals surface area contributed by atoms with Crippen LogP contribution in [0.4, 0.5) is 0 Å². The molecule has 0 fully saturated rings. The Morgan fingerprint density at radius 2 is 1.91 bits per heavy atom. The lowest BCUT2D eigenvalue weighted by atomic mass is 10.1. The summed E-state index contributed by atoms with van der Waals surface area (Å²) in [4.78, 5) is 12.6. The summed E-state index contributed by atoms with van der Waals surface area (Å²) in [6.07, 6.45) is 1.62. The molecule has 7 nitrogen and oxygen atoms in total. The van der Waals surface area contributed by atoms with Crippen molar-refractivity contribution in [1.82, 2.24) is 20.1 Å². The van der Waals surface area contributed by atoms with E-state index >= 15 is 0 Å². The number of hydrogen-bond acceptors (Lipinski definition) is 6. The summed E-state index contributed by atoms with van der Waals surface area (Å²) in [5.41, 5.74) is 3.65. The van der Waals surface area contributed by atoms with Crippen molar-refractivity contribution in [2.24, 2.45) is 0 Å². The Morgan fingerprint density at radius 3 is 2.69 bits per heavy atom. The Hall–Kier alpha value is -3.36. The van der Waals surface area contributed by atoms with E-state index in [1.165, 1.54) is 11.8 Å². The summed E-state index contributed by atoms with van der Waals surface area (Å²) in [7, 11) is 1.61. The van der Waals surface area contributed by atoms with Gasteiger partial charge in [0.25, 0.3) is 5.91 Å². The predicted octanol–water partition coefficient (Wildman–Crippen LogP) is 4.50. The molecule has 1 N–H and O–H groups in total. The number of thioether (sulfide) groups is 1. The molecule has 32 heavy (non-hydrogen) atoms. The van der Waals surface area contributed by atoms with E-state index in [1.54, 1.807) is 13.4 Å². The van der Waals surface area contributed by atoms with Gasteiger partial charge in [-0.1, -0.05) is 48.2 Å². The van der Waals surface area contributed by atoms with Gasteiger partial charge in [-0.25, -0.2) is 0 Å². The molecular formula is C24H24N4O3S. The van der Waals surface area contributed by atoms with Crippen molar-refractivity contribution in [1.29, 1.82) is 0 Å². The lowest BCUT2D eigenvalue weighted by Gasteiger charge is -2.13. The quantitative estimate of drug-likeness (QED) is 0.300. The molecule has 0 saturated heterocycles. The second kappa shape index (κ2) is 10.3. The normalized spacial score (nSPS) is 10.9. The number of nitrogens with one attached hydrogen (secondary N) is 1. The van der Waals surface area contributed by atoms with E-state index in [4.69, 9.17) is 9.15 Å². The zero-order valence-corrected chi connectivity index (χ0v) is 18.8. The Balaban J connectivity index is 1.63. The van der Waals surface area contributed by atoms with Crippen LogP contribution in [0.25, 0.3) is 17.3 Å². The van der Waals surface area contributed by atoms with Gasteiger partial charge in [0.15, 0.2) is 10.9 Å². The standard InChI is InChI=1S/C24H24N4O3S/c1-17-8-3-6-11-20(17)28-22(21-12-7-14-31-21)26-27-24(28)32-16-18-9-4-5-10-19(18)23(29)25-13-15-30-2/h3-12,14H,13,15-16H2,1-2H3,(H,25,29). The molecule has 4 rings (SSSR count). The molecule has 1 amide bonds. The number of para-hydroxylation sites is 1. The largest absolute Gasteiger partial charge is 0.461 e. The average Bonchev–Trinajstić information content (AvgIpc) is 3.48. The Kier molecular flexibility index (Phi) is 7.03. The number of furan rings is 1. The Bertz CT molecular complexity index is 1190. The van der Waals surface area contributed by atoms with Crippen molar-refractivity contribution in [2.75, 3.05) is 20.3 Å². The molecule has 0 spiro atoms. The van der Waals surface area contributed by atoms with Gasteiger partial charge in [-0.2, -0.15) is 0 Å². The Labute approximate surface area is 190 Å². The van der Waals surface area contributed by atoms with E-state index in [9.17, 15) is 4.79 Å². The summed E-state index contributed by atoms with van der Waals surface area (Å²) >= 11 is 1.52. The van der Waals surface area contributed by atoms with Crippen molar-refractivity contribution in [3.63, 3.8) is 0 Å². The summed E-state index contributed by atoms with van der Waals surface area (Å²) in [6, 6.07) is 19.4. The minimum absolute atomic E-state index is 0.116. The maximum Gasteiger partial charge on any atom is 0.251 e. The van der Waals surface area contributed by atoms with Crippen LogP contribution in [0, 0.1) is 6.92 Å². The number of hydrogen-bond donors (Lipinski definition) is 1. The van der Waals surface area contributed by atoms with Gasteiger partial charge < -0.3 is 14.5 Å². The van der Waals surface area contributed by atoms with Gasteiger partial charge >= 0.3 is 0 Å². The third-order valence-electron chi connectivity index (χ3n) is 4.94. The van der Waals surface area contributed by atoms with Gasteiger partial charge in [-0.3, -0.25) is 9.36 Å². The smallest absolute Gasteiger partial charge is 0.251 e. The van der Waals surface area contributed by atoms with Crippen molar-refractivity contribution in [3.8, 4) is 17.3 Å². The van der Waals surface area contributed by atoms with Crippen molar-refractivity contribution in [2.45, 2.75) is 17.8 Å². The lowest BCUT2D eigenvalue weighted by Crippen LogP contribution is -2.27. The zero-order chi connectivity index (χ0) is 22.3. The predicted molar refractivity (Wildman–Crippen MR) is 124 cm³/mol. The van der Waals surface area contributed by atoms with Gasteiger partial charge in [0.2, 0.25) is 5.82 Å². The summed E-state index contributed by atoms with van der Waals surface area (Å²) in [6.45, 7) is 2.98. The molecule has 8 heteroatoms. The van der Waals surface area contributed by atoms with E-state index < -0.39 is 0 Å². The van der Waals surface area contributed by atoms with Crippen LogP contribution in [0.3, 0.4) is 0 Å². The lowest BCUT2D eigenvalue weighted by molar-refractivity contribution is 0.0936. The highest BCUT2D eigenvalue weighted by Crippen LogP contribution is 2.31. The molecule has 0 aliphatic carbocycles. The van der Waals surface area contributed by atoms with Crippen molar-refractivity contribution < 1.29 is 13.9 Å². The molecular weight excluding hydrogens is 424 g/mol. The van der Waals surface area contributed by atoms with Gasteiger partial charge in [0.05, 0.1) is 18.6 Å². The fourth-order valence-electron chi connectivity index (χ4n) is 3.33. The number of aromatic nitrogens is 3. The number of carbonyl (C=O) groups is 1. The number of nitrogens with zero attached hydrogens (tertiary/aromatic N) is 3. The molecule has 164 valence electrons. The summed E-state index contributed by atoms with van der Waals surface area (Å²) < 4.78 is 12.6. The number of ether oxygens (including phenoxy) is 1. The van der Waals surface area contributed by atoms with Gasteiger partial charge in [0.1, 0.15) is 0 Å². The number of carbonyl (C=O) groups excluding carboxylic acids is 1. The number of rotatable bonds is 9. The van der Waals surface area contributed by atoms with Gasteiger partial charge in [-0.05, 0) is 42.3 Å². The Morgan fingerprint density at radius 1 is 1.09 bits per heavy atom. The molecule has 4 aromatic rings. The number of methoxy groups -OCH3 is 1. The van der Waals surface area contributed by atoms with E-state index in [1.807, 2.05) is 59.2 Å². The molecule has 0 aliphatic rings. The highest BCUT2D eigenvalue weighted by Gasteiger charge is 2.20.